The molecule has 0 atom stereocenters. The van der Waals surface area contributed by atoms with Gasteiger partial charge in [-0.3, -0.25) is 10.1 Å². The highest BCUT2D eigenvalue weighted by Crippen LogP contribution is 2.27. The van der Waals surface area contributed by atoms with E-state index in [9.17, 15) is 0 Å². The number of H-pyrrole nitrogens is 1. The molecule has 1 N–H and O–H groups in total. The molecule has 120 valence electrons. The smallest absolute Gasteiger partial charge is 0.227 e. The fourth-order valence-corrected chi connectivity index (χ4v) is 2.75. The molecule has 4 rings (SSSR count). The number of rotatable bonds is 4. The number of benzene rings is 1. The Morgan fingerprint density at radius 2 is 2.08 bits per heavy atom. The number of hydrogen-bond acceptors (Lipinski definition) is 6. The predicted molar refractivity (Wildman–Crippen MR) is 92.1 cm³/mol. The number of methoxy groups -OCH3 is 1. The average Bonchev–Trinajstić information content (AvgIpc) is 3.09. The van der Waals surface area contributed by atoms with Gasteiger partial charge in [-0.1, -0.05) is 12.1 Å². The Kier molecular flexibility index (Phi) is 3.45. The van der Waals surface area contributed by atoms with E-state index in [4.69, 9.17) is 4.74 Å². The maximum absolute atomic E-state index is 5.40. The summed E-state index contributed by atoms with van der Waals surface area (Å²) in [6.07, 6.45) is 5.25. The standard InChI is InChI=1S/C17H16N6O/c1-23(17-19-8-12-9-20-22-16(12)21-17)10-11-5-6-14(24-2)15-13(11)4-3-7-18-15/h3-9H,10H2,1-2H3,(H,19,20,21,22). The second-order valence-electron chi connectivity index (χ2n) is 5.53. The predicted octanol–water partition coefficient (Wildman–Crippen LogP) is 2.55. The molecule has 4 aromatic rings. The molecular formula is C17H16N6O. The van der Waals surface area contributed by atoms with Crippen molar-refractivity contribution in [3.63, 3.8) is 0 Å². The minimum atomic E-state index is 0.639. The number of ether oxygens (including phenoxy) is 1. The van der Waals surface area contributed by atoms with E-state index in [1.165, 1.54) is 0 Å². The van der Waals surface area contributed by atoms with Gasteiger partial charge in [0.15, 0.2) is 5.65 Å². The number of fused-ring (bicyclic) bond motifs is 2. The van der Waals surface area contributed by atoms with E-state index in [0.717, 1.165) is 33.2 Å². The number of pyridine rings is 1. The van der Waals surface area contributed by atoms with Crippen LogP contribution in [0.2, 0.25) is 0 Å². The summed E-state index contributed by atoms with van der Waals surface area (Å²) in [4.78, 5) is 15.3. The molecule has 0 radical (unpaired) electrons. The van der Waals surface area contributed by atoms with Crippen LogP contribution in [0.3, 0.4) is 0 Å². The number of aromatic nitrogens is 5. The van der Waals surface area contributed by atoms with Gasteiger partial charge in [0, 0.05) is 31.4 Å². The first-order valence-electron chi connectivity index (χ1n) is 7.54. The van der Waals surface area contributed by atoms with Gasteiger partial charge >= 0.3 is 0 Å². The number of nitrogens with one attached hydrogen (secondary N) is 1. The molecule has 0 saturated heterocycles. The van der Waals surface area contributed by atoms with Gasteiger partial charge in [0.2, 0.25) is 5.95 Å². The lowest BCUT2D eigenvalue weighted by Crippen LogP contribution is -2.19. The lowest BCUT2D eigenvalue weighted by molar-refractivity contribution is 0.419. The molecule has 7 nitrogen and oxygen atoms in total. The zero-order chi connectivity index (χ0) is 16.5. The van der Waals surface area contributed by atoms with Crippen molar-refractivity contribution in [2.24, 2.45) is 0 Å². The third-order valence-electron chi connectivity index (χ3n) is 3.97. The third-order valence-corrected chi connectivity index (χ3v) is 3.97. The molecule has 0 aliphatic heterocycles. The summed E-state index contributed by atoms with van der Waals surface area (Å²) in [5.41, 5.74) is 2.72. The summed E-state index contributed by atoms with van der Waals surface area (Å²) in [6, 6.07) is 7.97. The van der Waals surface area contributed by atoms with Crippen LogP contribution in [0.1, 0.15) is 5.56 Å². The van der Waals surface area contributed by atoms with E-state index >= 15 is 0 Å². The zero-order valence-corrected chi connectivity index (χ0v) is 13.4. The normalized spacial score (nSPS) is 11.1. The van der Waals surface area contributed by atoms with Crippen LogP contribution in [0.15, 0.2) is 42.9 Å². The van der Waals surface area contributed by atoms with Gasteiger partial charge in [0.25, 0.3) is 0 Å². The molecule has 0 unspecified atom stereocenters. The van der Waals surface area contributed by atoms with Crippen molar-refractivity contribution >= 4 is 27.9 Å². The summed E-state index contributed by atoms with van der Waals surface area (Å²) in [5, 5.41) is 8.80. The van der Waals surface area contributed by atoms with Gasteiger partial charge < -0.3 is 9.64 Å². The maximum Gasteiger partial charge on any atom is 0.227 e. The largest absolute Gasteiger partial charge is 0.494 e. The first-order chi connectivity index (χ1) is 11.8. The van der Waals surface area contributed by atoms with E-state index in [1.54, 1.807) is 25.7 Å². The Morgan fingerprint density at radius 1 is 1.17 bits per heavy atom. The highest BCUT2D eigenvalue weighted by atomic mass is 16.5. The number of anilines is 1. The number of nitrogens with zero attached hydrogens (tertiary/aromatic N) is 5. The molecule has 0 spiro atoms. The van der Waals surface area contributed by atoms with Crippen molar-refractivity contribution in [1.82, 2.24) is 25.1 Å². The monoisotopic (exact) mass is 320 g/mol. The lowest BCUT2D eigenvalue weighted by Gasteiger charge is -2.18. The Morgan fingerprint density at radius 3 is 2.96 bits per heavy atom. The van der Waals surface area contributed by atoms with Gasteiger partial charge in [-0.2, -0.15) is 10.1 Å². The van der Waals surface area contributed by atoms with Crippen molar-refractivity contribution < 1.29 is 4.74 Å². The molecule has 1 aromatic carbocycles. The molecule has 0 saturated carbocycles. The van der Waals surface area contributed by atoms with Crippen molar-refractivity contribution in [2.75, 3.05) is 19.1 Å². The summed E-state index contributed by atoms with van der Waals surface area (Å²) < 4.78 is 5.40. The summed E-state index contributed by atoms with van der Waals surface area (Å²) in [5.74, 6) is 1.41. The van der Waals surface area contributed by atoms with Crippen LogP contribution in [0.4, 0.5) is 5.95 Å². The van der Waals surface area contributed by atoms with Crippen LogP contribution in [0.25, 0.3) is 21.9 Å². The Labute approximate surface area is 138 Å². The van der Waals surface area contributed by atoms with Gasteiger partial charge in [-0.05, 0) is 17.7 Å². The fourth-order valence-electron chi connectivity index (χ4n) is 2.75. The molecule has 7 heteroatoms. The first kappa shape index (κ1) is 14.4. The topological polar surface area (TPSA) is 79.8 Å². The van der Waals surface area contributed by atoms with Crippen LogP contribution < -0.4 is 9.64 Å². The number of hydrogen-bond donors (Lipinski definition) is 1. The maximum atomic E-state index is 5.40. The third kappa shape index (κ3) is 2.40. The zero-order valence-electron chi connectivity index (χ0n) is 13.4. The summed E-state index contributed by atoms with van der Waals surface area (Å²) in [7, 11) is 3.62. The minimum Gasteiger partial charge on any atom is -0.494 e. The summed E-state index contributed by atoms with van der Waals surface area (Å²) >= 11 is 0. The fraction of sp³-hybridized carbons (Fsp3) is 0.176. The lowest BCUT2D eigenvalue weighted by atomic mass is 10.1. The van der Waals surface area contributed by atoms with Gasteiger partial charge in [0.1, 0.15) is 11.3 Å². The molecule has 0 bridgehead atoms. The van der Waals surface area contributed by atoms with Crippen molar-refractivity contribution in [2.45, 2.75) is 6.54 Å². The molecule has 0 aliphatic carbocycles. The number of aromatic amines is 1. The molecule has 0 amide bonds. The van der Waals surface area contributed by atoms with Crippen molar-refractivity contribution in [3.8, 4) is 5.75 Å². The van der Waals surface area contributed by atoms with Crippen molar-refractivity contribution in [3.05, 3.63) is 48.4 Å². The van der Waals surface area contributed by atoms with E-state index in [-0.39, 0.29) is 0 Å². The molecular weight excluding hydrogens is 304 g/mol. The van der Waals surface area contributed by atoms with E-state index in [1.807, 2.05) is 36.2 Å². The SMILES string of the molecule is COc1ccc(CN(C)c2ncc3cn[nH]c3n2)c2cccnc12. The molecule has 0 aliphatic rings. The highest BCUT2D eigenvalue weighted by Gasteiger charge is 2.12. The molecule has 3 heterocycles. The molecule has 0 fully saturated rings. The van der Waals surface area contributed by atoms with E-state index in [2.05, 4.69) is 25.1 Å². The Balaban J connectivity index is 1.70. The van der Waals surface area contributed by atoms with Crippen LogP contribution in [-0.4, -0.2) is 39.3 Å². The van der Waals surface area contributed by atoms with E-state index < -0.39 is 0 Å². The quantitative estimate of drug-likeness (QED) is 0.622. The summed E-state index contributed by atoms with van der Waals surface area (Å²) in [6.45, 7) is 0.659. The Hall–Kier alpha value is -3.22. The van der Waals surface area contributed by atoms with Crippen LogP contribution in [-0.2, 0) is 6.54 Å². The minimum absolute atomic E-state index is 0.639. The molecule has 24 heavy (non-hydrogen) atoms. The second kappa shape index (κ2) is 5.77. The van der Waals surface area contributed by atoms with Crippen LogP contribution in [0, 0.1) is 0 Å². The second-order valence-corrected chi connectivity index (χ2v) is 5.53. The molecule has 3 aromatic heterocycles. The average molecular weight is 320 g/mol. The van der Waals surface area contributed by atoms with E-state index in [0.29, 0.717) is 12.5 Å². The van der Waals surface area contributed by atoms with Gasteiger partial charge in [-0.15, -0.1) is 0 Å². The van der Waals surface area contributed by atoms with Gasteiger partial charge in [0.05, 0.1) is 18.7 Å². The van der Waals surface area contributed by atoms with Crippen molar-refractivity contribution in [1.29, 1.82) is 0 Å². The van der Waals surface area contributed by atoms with Crippen LogP contribution >= 0.6 is 0 Å². The Bertz CT molecular complexity index is 1010. The highest BCUT2D eigenvalue weighted by molar-refractivity contribution is 5.87. The van der Waals surface area contributed by atoms with Crippen LogP contribution in [0.5, 0.6) is 5.75 Å². The first-order valence-corrected chi connectivity index (χ1v) is 7.54. The van der Waals surface area contributed by atoms with Gasteiger partial charge in [-0.25, -0.2) is 4.98 Å².